The van der Waals surface area contributed by atoms with E-state index in [1.54, 1.807) is 10.6 Å². The summed E-state index contributed by atoms with van der Waals surface area (Å²) in [4.78, 5) is 0. The highest BCUT2D eigenvalue weighted by atomic mass is 15.0. The first-order valence-corrected chi connectivity index (χ1v) is 25.8. The van der Waals surface area contributed by atoms with E-state index in [9.17, 15) is 2.74 Å². The number of nitrogens with zero attached hydrogens (tertiary/aromatic N) is 1. The van der Waals surface area contributed by atoms with E-state index < -0.39 is 35.0 Å². The van der Waals surface area contributed by atoms with Crippen molar-refractivity contribution in [2.75, 3.05) is 5.32 Å². The minimum absolute atomic E-state index is 0.0254. The molecule has 0 radical (unpaired) electrons. The Kier molecular flexibility index (Phi) is 8.31. The summed E-state index contributed by atoms with van der Waals surface area (Å²) in [5.74, 6) is 0. The largest absolute Gasteiger partial charge is 0.354 e. The van der Waals surface area contributed by atoms with E-state index in [0.717, 1.165) is 50.2 Å². The summed E-state index contributed by atoms with van der Waals surface area (Å²) >= 11 is 0. The molecule has 0 unspecified atom stereocenters. The molecule has 2 aliphatic carbocycles. The predicted octanol–water partition coefficient (Wildman–Crippen LogP) is 18.6. The molecule has 13 aromatic rings. The summed E-state index contributed by atoms with van der Waals surface area (Å²) in [5.41, 5.74) is 18.7. The Morgan fingerprint density at radius 1 is 0.316 bits per heavy atom. The van der Waals surface area contributed by atoms with Crippen LogP contribution in [0.2, 0.25) is 0 Å². The van der Waals surface area contributed by atoms with Gasteiger partial charge in [-0.05, 0) is 120 Å². The molecule has 0 fully saturated rings. The van der Waals surface area contributed by atoms with E-state index in [1.807, 2.05) is 18.2 Å². The maximum atomic E-state index is 9.27. The second-order valence-corrected chi connectivity index (χ2v) is 19.8. The fourth-order valence-electron chi connectivity index (χ4n) is 12.9. The van der Waals surface area contributed by atoms with Gasteiger partial charge in [0.1, 0.15) is 0 Å². The molecule has 12 aromatic carbocycles. The van der Waals surface area contributed by atoms with E-state index in [1.165, 1.54) is 44.5 Å². The van der Waals surface area contributed by atoms with E-state index >= 15 is 0 Å². The molecule has 1 aromatic heterocycles. The number of hydrogen-bond acceptors (Lipinski definition) is 1. The van der Waals surface area contributed by atoms with Crippen LogP contribution in [0.3, 0.4) is 0 Å². The van der Waals surface area contributed by atoms with Crippen molar-refractivity contribution in [2.45, 2.75) is 10.8 Å². The van der Waals surface area contributed by atoms with Gasteiger partial charge >= 0.3 is 0 Å². The van der Waals surface area contributed by atoms with Gasteiger partial charge in [0.25, 0.3) is 0 Å². The second-order valence-electron chi connectivity index (χ2n) is 19.8. The van der Waals surface area contributed by atoms with Crippen molar-refractivity contribution in [3.05, 3.63) is 342 Å². The highest BCUT2D eigenvalue weighted by Gasteiger charge is 2.47. The molecule has 0 spiro atoms. The third-order valence-electron chi connectivity index (χ3n) is 16.0. The molecule has 76 heavy (non-hydrogen) atoms. The van der Waals surface area contributed by atoms with Gasteiger partial charge in [0.2, 0.25) is 0 Å². The first kappa shape index (κ1) is 36.2. The Labute approximate surface area is 454 Å². The molecular formula is C74H50N2. The Bertz CT molecular complexity index is 4490. The van der Waals surface area contributed by atoms with Crippen LogP contribution in [0.5, 0.6) is 0 Å². The number of nitrogens with one attached hydrogen (secondary N) is 1. The summed E-state index contributed by atoms with van der Waals surface area (Å²) in [6, 6.07) is 84.8. The monoisotopic (exact) mass is 974 g/mol. The minimum atomic E-state index is -0.593. The quantitative estimate of drug-likeness (QED) is 0.153. The molecule has 0 atom stereocenters. The average Bonchev–Trinajstić information content (AvgIpc) is 1.71. The van der Waals surface area contributed by atoms with E-state index in [4.69, 9.17) is 8.22 Å². The van der Waals surface area contributed by atoms with Crippen molar-refractivity contribution < 1.29 is 11.0 Å². The lowest BCUT2D eigenvalue weighted by molar-refractivity contribution is 0.768. The maximum Gasteiger partial charge on any atom is 0.0713 e. The SMILES string of the molecule is [2H]c1c([2H])c([2H])c2c(c1[2H])c1c([2H])c([2H])c([2H])c([2H])c1n2-c1cccc(Nc2c(-c3ccc4c(c3)-c3ccccc3C4(c3ccccc3)c3ccccc3)cccc2-c2ccc3c(c2)-c2ccccc2C3(c2ccccc2)c2ccccc2)c1. The fraction of sp³-hybridized carbons (Fsp3) is 0.0270. The van der Waals surface area contributed by atoms with Crippen LogP contribution in [0.25, 0.3) is 72.0 Å². The summed E-state index contributed by atoms with van der Waals surface area (Å²) < 4.78 is 73.2. The molecule has 1 N–H and O–H groups in total. The number of hydrogen-bond donors (Lipinski definition) is 1. The highest BCUT2D eigenvalue weighted by molar-refractivity contribution is 6.09. The van der Waals surface area contributed by atoms with Gasteiger partial charge in [0.15, 0.2) is 0 Å². The lowest BCUT2D eigenvalue weighted by atomic mass is 9.67. The molecule has 0 saturated carbocycles. The summed E-state index contributed by atoms with van der Waals surface area (Å²) in [7, 11) is 0. The van der Waals surface area contributed by atoms with Gasteiger partial charge in [0.05, 0.1) is 38.5 Å². The van der Waals surface area contributed by atoms with Crippen LogP contribution in [0.1, 0.15) is 55.5 Å². The van der Waals surface area contributed by atoms with Gasteiger partial charge in [-0.2, -0.15) is 0 Å². The average molecular weight is 975 g/mol. The van der Waals surface area contributed by atoms with Crippen LogP contribution in [-0.4, -0.2) is 4.57 Å². The zero-order valence-electron chi connectivity index (χ0n) is 49.1. The molecule has 1 heterocycles. The Balaban J connectivity index is 0.970. The van der Waals surface area contributed by atoms with Crippen molar-refractivity contribution >= 4 is 33.2 Å². The Morgan fingerprint density at radius 3 is 1.16 bits per heavy atom. The van der Waals surface area contributed by atoms with Crippen molar-refractivity contribution in [3.63, 3.8) is 0 Å². The number of rotatable bonds is 9. The zero-order valence-corrected chi connectivity index (χ0v) is 41.1. The second kappa shape index (κ2) is 17.4. The van der Waals surface area contributed by atoms with Crippen molar-refractivity contribution in [1.82, 2.24) is 4.57 Å². The van der Waals surface area contributed by atoms with Gasteiger partial charge in [-0.1, -0.05) is 255 Å². The normalized spacial score (nSPS) is 14.9. The summed E-state index contributed by atoms with van der Waals surface area (Å²) in [6.07, 6.45) is 0. The van der Waals surface area contributed by atoms with Gasteiger partial charge in [-0.3, -0.25) is 0 Å². The van der Waals surface area contributed by atoms with Gasteiger partial charge < -0.3 is 9.88 Å². The highest BCUT2D eigenvalue weighted by Crippen LogP contribution is 2.59. The molecule has 2 nitrogen and oxygen atoms in total. The van der Waals surface area contributed by atoms with E-state index in [-0.39, 0.29) is 46.0 Å². The molecule has 0 aliphatic heterocycles. The van der Waals surface area contributed by atoms with Crippen molar-refractivity contribution in [1.29, 1.82) is 0 Å². The lowest BCUT2D eigenvalue weighted by Gasteiger charge is -2.34. The van der Waals surface area contributed by atoms with Crippen LogP contribution in [0.15, 0.2) is 297 Å². The van der Waals surface area contributed by atoms with Gasteiger partial charge in [-0.25, -0.2) is 0 Å². The topological polar surface area (TPSA) is 17.0 Å². The third kappa shape index (κ3) is 6.41. The number of anilines is 2. The van der Waals surface area contributed by atoms with Gasteiger partial charge in [0, 0.05) is 33.3 Å². The molecule has 15 rings (SSSR count). The molecule has 2 aliphatic rings. The molecule has 0 amide bonds. The third-order valence-corrected chi connectivity index (χ3v) is 16.0. The van der Waals surface area contributed by atoms with E-state index in [2.05, 4.69) is 230 Å². The fourth-order valence-corrected chi connectivity index (χ4v) is 12.9. The first-order valence-electron chi connectivity index (χ1n) is 29.8. The molecular weight excluding hydrogens is 917 g/mol. The first-order chi connectivity index (χ1) is 41.0. The number of benzene rings is 12. The van der Waals surface area contributed by atoms with Crippen LogP contribution >= 0.6 is 0 Å². The molecule has 356 valence electrons. The maximum absolute atomic E-state index is 9.27. The van der Waals surface area contributed by atoms with Crippen molar-refractivity contribution in [2.24, 2.45) is 0 Å². The smallest absolute Gasteiger partial charge is 0.0713 e. The lowest BCUT2D eigenvalue weighted by Crippen LogP contribution is -2.28. The standard InChI is InChI=1S/C74H50N2/c1-5-23-52(24-6-1)73(53-25-7-2-8-26-53)66-39-17-13-33-60(66)64-47-50(43-45-68(64)73)58-37-22-38-59(72(58)75-56-31-21-32-57(49-56)76-70-41-19-15-35-62(70)63-36-16-20-42-71(63)76)51-44-46-69-65(48-51)61-34-14-18-40-67(61)74(69,54-27-9-3-10-28-54)55-29-11-4-12-30-55/h1-49,75H/i15D,16D,19D,20D,35D,36D,41D,42D. The zero-order chi connectivity index (χ0) is 57.2. The molecule has 0 bridgehead atoms. The van der Waals surface area contributed by atoms with Crippen LogP contribution < -0.4 is 5.32 Å². The van der Waals surface area contributed by atoms with Crippen LogP contribution in [0.4, 0.5) is 11.4 Å². The Hall–Kier alpha value is -9.76. The number of para-hydroxylation sites is 3. The Morgan fingerprint density at radius 2 is 0.697 bits per heavy atom. The predicted molar refractivity (Wildman–Crippen MR) is 316 cm³/mol. The van der Waals surface area contributed by atoms with Gasteiger partial charge in [-0.15, -0.1) is 0 Å². The summed E-state index contributed by atoms with van der Waals surface area (Å²) in [5, 5.41) is 3.97. The van der Waals surface area contributed by atoms with Crippen LogP contribution in [-0.2, 0) is 10.8 Å². The number of fused-ring (bicyclic) bond motifs is 9. The van der Waals surface area contributed by atoms with Crippen molar-refractivity contribution in [3.8, 4) is 50.2 Å². The number of aromatic nitrogens is 1. The minimum Gasteiger partial charge on any atom is -0.354 e. The van der Waals surface area contributed by atoms with E-state index in [0.29, 0.717) is 11.4 Å². The molecule has 0 saturated heterocycles. The summed E-state index contributed by atoms with van der Waals surface area (Å²) in [6.45, 7) is 0. The molecule has 2 heteroatoms. The van der Waals surface area contributed by atoms with Crippen LogP contribution in [0, 0.1) is 0 Å².